The fourth-order valence-corrected chi connectivity index (χ4v) is 3.19. The summed E-state index contributed by atoms with van der Waals surface area (Å²) in [5, 5.41) is 0. The van der Waals surface area contributed by atoms with E-state index in [0.717, 1.165) is 25.7 Å². The average molecular weight is 293 g/mol. The number of ether oxygens (including phenoxy) is 2. The van der Waals surface area contributed by atoms with Gasteiger partial charge in [-0.25, -0.2) is 4.39 Å². The number of hydrogen-bond acceptors (Lipinski definition) is 3. The Bertz CT molecular complexity index is 506. The molecule has 1 aliphatic heterocycles. The second kappa shape index (κ2) is 6.43. The number of hydrogen-bond donors (Lipinski definition) is 0. The van der Waals surface area contributed by atoms with E-state index in [2.05, 4.69) is 0 Å². The van der Waals surface area contributed by atoms with Crippen molar-refractivity contribution < 1.29 is 18.7 Å². The van der Waals surface area contributed by atoms with E-state index < -0.39 is 5.82 Å². The van der Waals surface area contributed by atoms with Crippen LogP contribution in [0.1, 0.15) is 25.7 Å². The number of morpholine rings is 1. The predicted molar refractivity (Wildman–Crippen MR) is 75.6 cm³/mol. The summed E-state index contributed by atoms with van der Waals surface area (Å²) in [7, 11) is 0. The minimum Gasteiger partial charge on any atom is -0.481 e. The molecule has 21 heavy (non-hydrogen) atoms. The highest BCUT2D eigenvalue weighted by Gasteiger charge is 2.36. The maximum absolute atomic E-state index is 13.5. The van der Waals surface area contributed by atoms with Crippen LogP contribution in [-0.4, -0.2) is 42.7 Å². The Morgan fingerprint density at radius 3 is 3.00 bits per heavy atom. The molecule has 1 heterocycles. The van der Waals surface area contributed by atoms with Gasteiger partial charge < -0.3 is 14.4 Å². The van der Waals surface area contributed by atoms with Gasteiger partial charge in [0.05, 0.1) is 18.8 Å². The summed E-state index contributed by atoms with van der Waals surface area (Å²) >= 11 is 0. The fraction of sp³-hybridized carbons (Fsp3) is 0.562. The lowest BCUT2D eigenvalue weighted by atomic mass is 9.90. The van der Waals surface area contributed by atoms with Crippen LogP contribution in [0.3, 0.4) is 0 Å². The molecule has 1 aromatic carbocycles. The van der Waals surface area contributed by atoms with Crippen molar-refractivity contribution in [2.24, 2.45) is 0 Å². The second-order valence-corrected chi connectivity index (χ2v) is 5.57. The van der Waals surface area contributed by atoms with Crippen molar-refractivity contribution in [3.8, 4) is 5.75 Å². The lowest BCUT2D eigenvalue weighted by Gasteiger charge is -2.43. The Kier molecular flexibility index (Phi) is 4.39. The molecular formula is C16H20FNO3. The van der Waals surface area contributed by atoms with E-state index in [1.807, 2.05) is 4.90 Å². The lowest BCUT2D eigenvalue weighted by molar-refractivity contribution is -0.151. The molecule has 1 aliphatic carbocycles. The Hall–Kier alpha value is -1.62. The zero-order valence-corrected chi connectivity index (χ0v) is 12.0. The fourth-order valence-electron chi connectivity index (χ4n) is 3.19. The zero-order valence-electron chi connectivity index (χ0n) is 12.0. The number of rotatable bonds is 3. The Morgan fingerprint density at radius 2 is 2.14 bits per heavy atom. The molecule has 1 saturated carbocycles. The Balaban J connectivity index is 1.60. The number of carbonyl (C=O) groups excluding carboxylic acids is 1. The first-order valence-electron chi connectivity index (χ1n) is 7.54. The number of halogens is 1. The third-order valence-corrected chi connectivity index (χ3v) is 4.24. The van der Waals surface area contributed by atoms with Crippen molar-refractivity contribution in [2.75, 3.05) is 19.8 Å². The van der Waals surface area contributed by atoms with Gasteiger partial charge in [-0.2, -0.15) is 0 Å². The molecule has 1 saturated heterocycles. The number of amides is 1. The number of carbonyl (C=O) groups is 1. The molecule has 1 aromatic rings. The minimum atomic E-state index is -0.442. The molecule has 2 atom stereocenters. The van der Waals surface area contributed by atoms with Gasteiger partial charge in [0.25, 0.3) is 5.91 Å². The van der Waals surface area contributed by atoms with Crippen LogP contribution in [0.15, 0.2) is 24.3 Å². The molecule has 4 nitrogen and oxygen atoms in total. The number of para-hydroxylation sites is 1. The van der Waals surface area contributed by atoms with E-state index in [0.29, 0.717) is 13.2 Å². The van der Waals surface area contributed by atoms with Crippen molar-refractivity contribution in [3.63, 3.8) is 0 Å². The molecule has 2 aliphatic rings. The first-order chi connectivity index (χ1) is 10.3. The third-order valence-electron chi connectivity index (χ3n) is 4.24. The minimum absolute atomic E-state index is 0.0848. The van der Waals surface area contributed by atoms with E-state index in [1.165, 1.54) is 12.1 Å². The standard InChI is InChI=1S/C16H20FNO3/c17-12-5-1-3-7-14(12)21-11-16(19)18-9-10-20-15-8-4-2-6-13(15)18/h1,3,5,7,13,15H,2,4,6,8-11H2/t13-,15+/m0/s1. The summed E-state index contributed by atoms with van der Waals surface area (Å²) in [5.41, 5.74) is 0. The van der Waals surface area contributed by atoms with E-state index >= 15 is 0 Å². The van der Waals surface area contributed by atoms with E-state index in [1.54, 1.807) is 12.1 Å². The zero-order chi connectivity index (χ0) is 14.7. The monoisotopic (exact) mass is 293 g/mol. The van der Waals surface area contributed by atoms with Gasteiger partial charge >= 0.3 is 0 Å². The van der Waals surface area contributed by atoms with Crippen molar-refractivity contribution in [3.05, 3.63) is 30.1 Å². The van der Waals surface area contributed by atoms with Gasteiger partial charge in [-0.1, -0.05) is 25.0 Å². The smallest absolute Gasteiger partial charge is 0.260 e. The molecule has 114 valence electrons. The highest BCUT2D eigenvalue weighted by molar-refractivity contribution is 5.78. The second-order valence-electron chi connectivity index (χ2n) is 5.57. The van der Waals surface area contributed by atoms with Crippen LogP contribution in [0.4, 0.5) is 4.39 Å². The van der Waals surface area contributed by atoms with Crippen molar-refractivity contribution >= 4 is 5.91 Å². The molecule has 0 spiro atoms. The van der Waals surface area contributed by atoms with Gasteiger partial charge in [-0.15, -0.1) is 0 Å². The average Bonchev–Trinajstić information content (AvgIpc) is 2.53. The van der Waals surface area contributed by atoms with E-state index in [9.17, 15) is 9.18 Å². The topological polar surface area (TPSA) is 38.8 Å². The summed E-state index contributed by atoms with van der Waals surface area (Å²) in [5.74, 6) is -0.402. The first-order valence-corrected chi connectivity index (χ1v) is 7.54. The van der Waals surface area contributed by atoms with Crippen molar-refractivity contribution in [2.45, 2.75) is 37.8 Å². The highest BCUT2D eigenvalue weighted by Crippen LogP contribution is 2.28. The third kappa shape index (κ3) is 3.18. The first kappa shape index (κ1) is 14.3. The SMILES string of the molecule is O=C(COc1ccccc1F)N1CCO[C@@H]2CCCC[C@@H]21. The van der Waals surface area contributed by atoms with Gasteiger partial charge in [0, 0.05) is 6.54 Å². The van der Waals surface area contributed by atoms with Crippen LogP contribution in [0.2, 0.25) is 0 Å². The van der Waals surface area contributed by atoms with Crippen molar-refractivity contribution in [1.82, 2.24) is 4.90 Å². The van der Waals surface area contributed by atoms with Crippen LogP contribution < -0.4 is 4.74 Å². The Morgan fingerprint density at radius 1 is 1.33 bits per heavy atom. The van der Waals surface area contributed by atoms with E-state index in [-0.39, 0.29) is 30.4 Å². The van der Waals surface area contributed by atoms with Crippen LogP contribution >= 0.6 is 0 Å². The summed E-state index contributed by atoms with van der Waals surface area (Å²) in [6.45, 7) is 1.05. The van der Waals surface area contributed by atoms with Crippen LogP contribution in [0.5, 0.6) is 5.75 Å². The number of fused-ring (bicyclic) bond motifs is 1. The van der Waals surface area contributed by atoms with Gasteiger partial charge in [0.1, 0.15) is 0 Å². The summed E-state index contributed by atoms with van der Waals surface area (Å²) < 4.78 is 24.6. The maximum atomic E-state index is 13.5. The molecule has 5 heteroatoms. The lowest BCUT2D eigenvalue weighted by Crippen LogP contribution is -2.55. The van der Waals surface area contributed by atoms with Gasteiger partial charge in [0.15, 0.2) is 18.2 Å². The molecule has 0 unspecified atom stereocenters. The summed E-state index contributed by atoms with van der Waals surface area (Å²) in [4.78, 5) is 14.2. The quantitative estimate of drug-likeness (QED) is 0.859. The van der Waals surface area contributed by atoms with Crippen molar-refractivity contribution in [1.29, 1.82) is 0 Å². The molecule has 1 amide bonds. The van der Waals surface area contributed by atoms with E-state index in [4.69, 9.17) is 9.47 Å². The molecular weight excluding hydrogens is 273 g/mol. The number of benzene rings is 1. The highest BCUT2D eigenvalue weighted by atomic mass is 19.1. The summed E-state index contributed by atoms with van der Waals surface area (Å²) in [6.07, 6.45) is 4.45. The largest absolute Gasteiger partial charge is 0.481 e. The van der Waals surface area contributed by atoms with Gasteiger partial charge in [-0.05, 0) is 25.0 Å². The Labute approximate surface area is 123 Å². The molecule has 3 rings (SSSR count). The van der Waals surface area contributed by atoms with Crippen LogP contribution in [0.25, 0.3) is 0 Å². The van der Waals surface area contributed by atoms with Crippen LogP contribution in [-0.2, 0) is 9.53 Å². The normalized spacial score (nSPS) is 25.3. The molecule has 0 aromatic heterocycles. The predicted octanol–water partition coefficient (Wildman–Crippen LogP) is 2.37. The molecule has 0 bridgehead atoms. The van der Waals surface area contributed by atoms with Gasteiger partial charge in [0.2, 0.25) is 0 Å². The summed E-state index contributed by atoms with van der Waals surface area (Å²) in [6, 6.07) is 6.30. The van der Waals surface area contributed by atoms with Gasteiger partial charge in [-0.3, -0.25) is 4.79 Å². The van der Waals surface area contributed by atoms with Crippen LogP contribution in [0, 0.1) is 5.82 Å². The molecule has 0 radical (unpaired) electrons. The molecule has 2 fully saturated rings. The molecule has 0 N–H and O–H groups in total. The number of nitrogens with zero attached hydrogens (tertiary/aromatic N) is 1. The maximum Gasteiger partial charge on any atom is 0.260 e.